The fourth-order valence-corrected chi connectivity index (χ4v) is 5.18. The van der Waals surface area contributed by atoms with Gasteiger partial charge in [0.25, 0.3) is 5.91 Å². The fourth-order valence-electron chi connectivity index (χ4n) is 4.15. The quantitative estimate of drug-likeness (QED) is 0.285. The van der Waals surface area contributed by atoms with Gasteiger partial charge in [-0.3, -0.25) is 4.79 Å². The maximum absolute atomic E-state index is 12.3. The summed E-state index contributed by atoms with van der Waals surface area (Å²) in [6, 6.07) is 18.5. The van der Waals surface area contributed by atoms with Crippen LogP contribution in [0.3, 0.4) is 0 Å². The minimum Gasteiger partial charge on any atom is -0.368 e. The van der Waals surface area contributed by atoms with Crippen molar-refractivity contribution in [3.05, 3.63) is 76.4 Å². The molecular formula is C26H28ClN5OS. The number of nitrogens with zero attached hydrogens (tertiary/aromatic N) is 4. The molecule has 8 heteroatoms. The van der Waals surface area contributed by atoms with E-state index in [9.17, 15) is 4.79 Å². The molecule has 0 unspecified atom stereocenters. The number of amides is 1. The maximum Gasteiger partial charge on any atom is 0.251 e. The van der Waals surface area contributed by atoms with Crippen LogP contribution in [-0.4, -0.2) is 48.1 Å². The Balaban J connectivity index is 1.21. The maximum atomic E-state index is 12.3. The van der Waals surface area contributed by atoms with Gasteiger partial charge in [-0.15, -0.1) is 0 Å². The molecule has 0 radical (unpaired) electrons. The lowest BCUT2D eigenvalue weighted by Crippen LogP contribution is -2.47. The molecule has 1 saturated carbocycles. The molecule has 0 spiro atoms. The Bertz CT molecular complexity index is 1180. The molecule has 2 aromatic carbocycles. The molecule has 1 saturated heterocycles. The lowest BCUT2D eigenvalue weighted by molar-refractivity contribution is 0.0951. The molecule has 1 N–H and O–H groups in total. The van der Waals surface area contributed by atoms with Gasteiger partial charge in [0, 0.05) is 55.3 Å². The number of carbonyl (C=O) groups is 1. The van der Waals surface area contributed by atoms with Crippen molar-refractivity contribution in [2.75, 3.05) is 36.0 Å². The first-order chi connectivity index (χ1) is 16.5. The van der Waals surface area contributed by atoms with Crippen LogP contribution in [0, 0.1) is 6.92 Å². The summed E-state index contributed by atoms with van der Waals surface area (Å²) in [5.74, 6) is 1.54. The van der Waals surface area contributed by atoms with Crippen molar-refractivity contribution < 1.29 is 4.79 Å². The molecule has 5 rings (SSSR count). The molecular weight excluding hydrogens is 466 g/mol. The Hall–Kier alpha value is -2.77. The highest BCUT2D eigenvalue weighted by Gasteiger charge is 2.24. The number of aromatic nitrogens is 2. The van der Waals surface area contributed by atoms with Crippen LogP contribution in [0.4, 0.5) is 11.5 Å². The first-order valence-electron chi connectivity index (χ1n) is 11.7. The van der Waals surface area contributed by atoms with Gasteiger partial charge in [-0.2, -0.15) is 0 Å². The van der Waals surface area contributed by atoms with E-state index in [0.717, 1.165) is 50.4 Å². The lowest BCUT2D eigenvalue weighted by Gasteiger charge is -2.37. The highest BCUT2D eigenvalue weighted by molar-refractivity contribution is 7.98. The predicted molar refractivity (Wildman–Crippen MR) is 139 cm³/mol. The van der Waals surface area contributed by atoms with Gasteiger partial charge in [0.2, 0.25) is 0 Å². The van der Waals surface area contributed by atoms with Gasteiger partial charge in [0.1, 0.15) is 11.0 Å². The van der Waals surface area contributed by atoms with E-state index in [0.29, 0.717) is 27.7 Å². The van der Waals surface area contributed by atoms with Crippen LogP contribution in [0.2, 0.25) is 5.15 Å². The van der Waals surface area contributed by atoms with E-state index in [1.54, 1.807) is 0 Å². The average Bonchev–Trinajstić information content (AvgIpc) is 3.67. The molecule has 34 heavy (non-hydrogen) atoms. The monoisotopic (exact) mass is 493 g/mol. The lowest BCUT2D eigenvalue weighted by atomic mass is 10.1. The van der Waals surface area contributed by atoms with Crippen LogP contribution in [-0.2, 0) is 5.75 Å². The highest BCUT2D eigenvalue weighted by Crippen LogP contribution is 2.27. The molecule has 0 bridgehead atoms. The van der Waals surface area contributed by atoms with Crippen molar-refractivity contribution in [2.45, 2.75) is 36.7 Å². The van der Waals surface area contributed by atoms with Crippen LogP contribution in [0.5, 0.6) is 0 Å². The number of para-hydroxylation sites is 1. The van der Waals surface area contributed by atoms with Crippen LogP contribution < -0.4 is 15.1 Å². The highest BCUT2D eigenvalue weighted by atomic mass is 35.5. The summed E-state index contributed by atoms with van der Waals surface area (Å²) >= 11 is 7.90. The van der Waals surface area contributed by atoms with Gasteiger partial charge in [-0.05, 0) is 49.1 Å². The average molecular weight is 494 g/mol. The van der Waals surface area contributed by atoms with Crippen molar-refractivity contribution in [3.8, 4) is 0 Å². The number of hydrogen-bond donors (Lipinski definition) is 1. The normalized spacial score (nSPS) is 15.9. The summed E-state index contributed by atoms with van der Waals surface area (Å²) in [6.45, 7) is 5.79. The predicted octanol–water partition coefficient (Wildman–Crippen LogP) is 4.95. The first-order valence-corrected chi connectivity index (χ1v) is 13.0. The number of piperazine rings is 1. The Morgan fingerprint density at radius 3 is 2.56 bits per heavy atom. The third kappa shape index (κ3) is 5.65. The third-order valence-corrected chi connectivity index (χ3v) is 7.30. The van der Waals surface area contributed by atoms with Crippen molar-refractivity contribution in [3.63, 3.8) is 0 Å². The molecule has 6 nitrogen and oxygen atoms in total. The molecule has 1 aliphatic carbocycles. The van der Waals surface area contributed by atoms with E-state index in [1.807, 2.05) is 30.3 Å². The van der Waals surface area contributed by atoms with Crippen molar-refractivity contribution in [2.24, 2.45) is 0 Å². The second-order valence-electron chi connectivity index (χ2n) is 8.83. The van der Waals surface area contributed by atoms with Crippen molar-refractivity contribution in [1.29, 1.82) is 0 Å². The van der Waals surface area contributed by atoms with Gasteiger partial charge >= 0.3 is 0 Å². The number of rotatable bonds is 7. The third-order valence-electron chi connectivity index (χ3n) is 6.19. The minimum absolute atomic E-state index is 0.000445. The van der Waals surface area contributed by atoms with Gasteiger partial charge in [0.15, 0.2) is 5.16 Å². The Kier molecular flexibility index (Phi) is 6.92. The minimum atomic E-state index is 0.000445. The van der Waals surface area contributed by atoms with E-state index < -0.39 is 0 Å². The molecule has 1 aromatic heterocycles. The number of aryl methyl sites for hydroxylation is 1. The topological polar surface area (TPSA) is 61.4 Å². The smallest absolute Gasteiger partial charge is 0.251 e. The van der Waals surface area contributed by atoms with Crippen molar-refractivity contribution >= 4 is 40.8 Å². The molecule has 0 atom stereocenters. The molecule has 1 amide bonds. The summed E-state index contributed by atoms with van der Waals surface area (Å²) in [6.07, 6.45) is 2.16. The number of carbonyl (C=O) groups excluding carboxylic acids is 1. The van der Waals surface area contributed by atoms with E-state index in [-0.39, 0.29) is 5.91 Å². The van der Waals surface area contributed by atoms with E-state index in [4.69, 9.17) is 16.6 Å². The molecule has 2 fully saturated rings. The molecule has 1 aliphatic heterocycles. The van der Waals surface area contributed by atoms with Crippen LogP contribution in [0.25, 0.3) is 0 Å². The van der Waals surface area contributed by atoms with E-state index in [2.05, 4.69) is 51.3 Å². The zero-order valence-corrected chi connectivity index (χ0v) is 20.8. The Labute approximate surface area is 209 Å². The number of nitrogens with one attached hydrogen (secondary N) is 1. The number of anilines is 2. The van der Waals surface area contributed by atoms with E-state index >= 15 is 0 Å². The Morgan fingerprint density at radius 2 is 1.79 bits per heavy atom. The largest absolute Gasteiger partial charge is 0.368 e. The summed E-state index contributed by atoms with van der Waals surface area (Å²) < 4.78 is 0. The first kappa shape index (κ1) is 23.0. The standard InChI is InChI=1S/C26H28ClN5OS/c1-18-5-2-3-8-22(18)31-11-13-32(14-12-31)24-16-23(27)29-26(30-24)34-17-19-6-4-7-20(15-19)25(33)28-21-9-10-21/h2-8,15-16,21H,9-14,17H2,1H3,(H,28,33). The van der Waals surface area contributed by atoms with Crippen LogP contribution in [0.15, 0.2) is 59.8 Å². The van der Waals surface area contributed by atoms with E-state index in [1.165, 1.54) is 23.0 Å². The van der Waals surface area contributed by atoms with Gasteiger partial charge < -0.3 is 15.1 Å². The second kappa shape index (κ2) is 10.2. The number of halogens is 1. The SMILES string of the molecule is Cc1ccccc1N1CCN(c2cc(Cl)nc(SCc3cccc(C(=O)NC4CC4)c3)n2)CC1. The summed E-state index contributed by atoms with van der Waals surface area (Å²) in [7, 11) is 0. The molecule has 2 aliphatic rings. The van der Waals surface area contributed by atoms with Crippen LogP contribution in [0.1, 0.15) is 34.3 Å². The fraction of sp³-hybridized carbons (Fsp3) is 0.346. The van der Waals surface area contributed by atoms with Crippen LogP contribution >= 0.6 is 23.4 Å². The van der Waals surface area contributed by atoms with Gasteiger partial charge in [-0.25, -0.2) is 9.97 Å². The summed E-state index contributed by atoms with van der Waals surface area (Å²) in [5.41, 5.74) is 4.36. The molecule has 2 heterocycles. The summed E-state index contributed by atoms with van der Waals surface area (Å²) in [4.78, 5) is 26.3. The number of hydrogen-bond acceptors (Lipinski definition) is 6. The second-order valence-corrected chi connectivity index (χ2v) is 10.2. The number of benzene rings is 2. The zero-order chi connectivity index (χ0) is 23.5. The zero-order valence-electron chi connectivity index (χ0n) is 19.2. The Morgan fingerprint density at radius 1 is 1.03 bits per heavy atom. The molecule has 176 valence electrons. The van der Waals surface area contributed by atoms with Gasteiger partial charge in [0.05, 0.1) is 0 Å². The van der Waals surface area contributed by atoms with Gasteiger partial charge in [-0.1, -0.05) is 53.7 Å². The van der Waals surface area contributed by atoms with Crippen molar-refractivity contribution in [1.82, 2.24) is 15.3 Å². The number of thioether (sulfide) groups is 1. The molecule has 3 aromatic rings. The summed E-state index contributed by atoms with van der Waals surface area (Å²) in [5, 5.41) is 4.14.